The summed E-state index contributed by atoms with van der Waals surface area (Å²) in [7, 11) is 0. The first-order valence-corrected chi connectivity index (χ1v) is 12.9. The van der Waals surface area contributed by atoms with Crippen LogP contribution in [0.15, 0.2) is 51.8 Å². The summed E-state index contributed by atoms with van der Waals surface area (Å²) in [6.45, 7) is 5.78. The van der Waals surface area contributed by atoms with Crippen LogP contribution < -0.4 is 10.2 Å². The van der Waals surface area contributed by atoms with Gasteiger partial charge in [0.2, 0.25) is 17.8 Å². The van der Waals surface area contributed by atoms with Gasteiger partial charge in [0, 0.05) is 40.0 Å². The Bertz CT molecular complexity index is 1550. The summed E-state index contributed by atoms with van der Waals surface area (Å²) < 4.78 is 39.2. The van der Waals surface area contributed by atoms with Crippen molar-refractivity contribution in [3.8, 4) is 17.0 Å². The highest BCUT2D eigenvalue weighted by Crippen LogP contribution is 2.32. The number of benzene rings is 1. The van der Waals surface area contributed by atoms with Crippen LogP contribution in [0.2, 0.25) is 0 Å². The van der Waals surface area contributed by atoms with Gasteiger partial charge in [0.15, 0.2) is 12.2 Å². The Kier molecular flexibility index (Phi) is 9.21. The van der Waals surface area contributed by atoms with Crippen LogP contribution in [0.1, 0.15) is 33.5 Å². The SMILES string of the molecule is CC(=O)OCC1OC(Oc2ccc3c(=O)c(-c4ccccn4)c(C)oc3c2)C(OC(C)=O)C(OC(C)=O)C1OC(C)=O. The largest absolute Gasteiger partial charge is 0.463 e. The molecule has 222 valence electrons. The molecule has 42 heavy (non-hydrogen) atoms. The van der Waals surface area contributed by atoms with Gasteiger partial charge in [-0.05, 0) is 31.2 Å². The zero-order chi connectivity index (χ0) is 30.6. The van der Waals surface area contributed by atoms with Crippen LogP contribution in [-0.2, 0) is 42.9 Å². The molecule has 0 N–H and O–H groups in total. The molecule has 13 nitrogen and oxygen atoms in total. The highest BCUT2D eigenvalue weighted by atomic mass is 16.7. The number of aromatic nitrogens is 1. The van der Waals surface area contributed by atoms with E-state index in [1.165, 1.54) is 25.1 Å². The Hall–Kier alpha value is -4.78. The first-order chi connectivity index (χ1) is 19.9. The number of carbonyl (C=O) groups excluding carboxylic acids is 4. The van der Waals surface area contributed by atoms with Gasteiger partial charge < -0.3 is 32.8 Å². The third kappa shape index (κ3) is 6.92. The summed E-state index contributed by atoms with van der Waals surface area (Å²) in [6.07, 6.45) is -5.18. The molecule has 0 radical (unpaired) electrons. The fourth-order valence-electron chi connectivity index (χ4n) is 4.58. The molecule has 1 fully saturated rings. The van der Waals surface area contributed by atoms with E-state index in [4.69, 9.17) is 32.8 Å². The maximum Gasteiger partial charge on any atom is 0.303 e. The minimum atomic E-state index is -1.44. The highest BCUT2D eigenvalue weighted by molar-refractivity contribution is 5.83. The fraction of sp³-hybridized carbons (Fsp3) is 0.379. The predicted octanol–water partition coefficient (Wildman–Crippen LogP) is 2.63. The molecule has 3 aromatic rings. The lowest BCUT2D eigenvalue weighted by Gasteiger charge is -2.43. The van der Waals surface area contributed by atoms with Gasteiger partial charge in [-0.3, -0.25) is 29.0 Å². The van der Waals surface area contributed by atoms with E-state index in [2.05, 4.69) is 4.98 Å². The minimum Gasteiger partial charge on any atom is -0.463 e. The minimum absolute atomic E-state index is 0.136. The fourth-order valence-corrected chi connectivity index (χ4v) is 4.58. The molecule has 5 unspecified atom stereocenters. The molecule has 0 aliphatic carbocycles. The summed E-state index contributed by atoms with van der Waals surface area (Å²) in [4.78, 5) is 65.1. The van der Waals surface area contributed by atoms with Crippen LogP contribution in [0.4, 0.5) is 0 Å². The first kappa shape index (κ1) is 30.2. The number of hydrogen-bond acceptors (Lipinski definition) is 13. The van der Waals surface area contributed by atoms with E-state index in [1.54, 1.807) is 31.3 Å². The third-order valence-corrected chi connectivity index (χ3v) is 6.16. The maximum atomic E-state index is 13.3. The van der Waals surface area contributed by atoms with Crippen LogP contribution in [0.5, 0.6) is 5.75 Å². The quantitative estimate of drug-likeness (QED) is 0.281. The number of aryl methyl sites for hydroxylation is 1. The molecule has 1 aliphatic heterocycles. The average molecular weight is 584 g/mol. The molecule has 0 amide bonds. The van der Waals surface area contributed by atoms with Crippen LogP contribution >= 0.6 is 0 Å². The van der Waals surface area contributed by atoms with Gasteiger partial charge in [-0.15, -0.1) is 0 Å². The number of ether oxygens (including phenoxy) is 6. The topological polar surface area (TPSA) is 167 Å². The van der Waals surface area contributed by atoms with Crippen molar-refractivity contribution >= 4 is 34.8 Å². The highest BCUT2D eigenvalue weighted by Gasteiger charge is 2.53. The Morgan fingerprint density at radius 3 is 2.14 bits per heavy atom. The van der Waals surface area contributed by atoms with E-state index in [9.17, 15) is 24.0 Å². The summed E-state index contributed by atoms with van der Waals surface area (Å²) >= 11 is 0. The molecule has 0 bridgehead atoms. The summed E-state index contributed by atoms with van der Waals surface area (Å²) in [5, 5.41) is 0.259. The molecule has 1 aromatic carbocycles. The van der Waals surface area contributed by atoms with Crippen molar-refractivity contribution in [3.63, 3.8) is 0 Å². The molecule has 1 saturated heterocycles. The Labute approximate surface area is 239 Å². The number of pyridine rings is 1. The van der Waals surface area contributed by atoms with Crippen molar-refractivity contribution in [2.45, 2.75) is 65.3 Å². The summed E-state index contributed by atoms with van der Waals surface area (Å²) in [5.74, 6) is -2.47. The average Bonchev–Trinajstić information content (AvgIpc) is 2.90. The van der Waals surface area contributed by atoms with Crippen LogP contribution in [0, 0.1) is 6.92 Å². The Morgan fingerprint density at radius 1 is 0.857 bits per heavy atom. The van der Waals surface area contributed by atoms with Crippen molar-refractivity contribution in [2.24, 2.45) is 0 Å². The van der Waals surface area contributed by atoms with Gasteiger partial charge in [-0.1, -0.05) is 6.07 Å². The molecular weight excluding hydrogens is 554 g/mol. The van der Waals surface area contributed by atoms with Crippen molar-refractivity contribution < 1.29 is 52.0 Å². The van der Waals surface area contributed by atoms with E-state index in [-0.39, 0.29) is 22.1 Å². The molecule has 3 heterocycles. The van der Waals surface area contributed by atoms with Gasteiger partial charge in [0.1, 0.15) is 29.8 Å². The zero-order valence-electron chi connectivity index (χ0n) is 23.5. The molecule has 2 aromatic heterocycles. The number of hydrogen-bond donors (Lipinski definition) is 0. The predicted molar refractivity (Wildman–Crippen MR) is 143 cm³/mol. The number of carbonyl (C=O) groups is 4. The molecule has 0 spiro atoms. The molecule has 5 atom stereocenters. The Morgan fingerprint density at radius 2 is 1.52 bits per heavy atom. The van der Waals surface area contributed by atoms with Crippen molar-refractivity contribution in [1.29, 1.82) is 0 Å². The van der Waals surface area contributed by atoms with Crippen LogP contribution in [-0.4, -0.2) is 66.2 Å². The van der Waals surface area contributed by atoms with Gasteiger partial charge in [-0.2, -0.15) is 0 Å². The summed E-state index contributed by atoms with van der Waals surface area (Å²) in [6, 6.07) is 9.61. The zero-order valence-corrected chi connectivity index (χ0v) is 23.5. The van der Waals surface area contributed by atoms with E-state index in [1.807, 2.05) is 0 Å². The smallest absolute Gasteiger partial charge is 0.303 e. The second-order valence-corrected chi connectivity index (χ2v) is 9.42. The number of fused-ring (bicyclic) bond motifs is 1. The lowest BCUT2D eigenvalue weighted by atomic mass is 9.98. The maximum absolute atomic E-state index is 13.3. The lowest BCUT2D eigenvalue weighted by molar-refractivity contribution is -0.288. The van der Waals surface area contributed by atoms with Gasteiger partial charge in [0.25, 0.3) is 0 Å². The number of esters is 4. The molecular formula is C29H29NO12. The third-order valence-electron chi connectivity index (χ3n) is 6.16. The molecule has 1 aliphatic rings. The van der Waals surface area contributed by atoms with Crippen molar-refractivity contribution in [3.05, 3.63) is 58.6 Å². The standard InChI is InChI=1S/C29H29NO12/c1-14-24(21-8-6-7-11-30-21)25(35)20-10-9-19(12-22(20)37-14)41-29-28(40-18(5)34)27(39-17(4)33)26(38-16(3)32)23(42-29)13-36-15(2)31/h6-12,23,26-29H,13H2,1-5H3. The monoisotopic (exact) mass is 583 g/mol. The van der Waals surface area contributed by atoms with E-state index in [0.717, 1.165) is 20.8 Å². The van der Waals surface area contributed by atoms with Crippen molar-refractivity contribution in [2.75, 3.05) is 6.61 Å². The lowest BCUT2D eigenvalue weighted by Crippen LogP contribution is -2.63. The van der Waals surface area contributed by atoms with Gasteiger partial charge in [0.05, 0.1) is 16.6 Å². The van der Waals surface area contributed by atoms with Gasteiger partial charge in [-0.25, -0.2) is 0 Å². The van der Waals surface area contributed by atoms with Crippen LogP contribution in [0.25, 0.3) is 22.2 Å². The molecule has 13 heteroatoms. The second-order valence-electron chi connectivity index (χ2n) is 9.42. The van der Waals surface area contributed by atoms with Gasteiger partial charge >= 0.3 is 23.9 Å². The van der Waals surface area contributed by atoms with E-state index in [0.29, 0.717) is 17.0 Å². The number of nitrogens with zero attached hydrogens (tertiary/aromatic N) is 1. The van der Waals surface area contributed by atoms with Crippen molar-refractivity contribution in [1.82, 2.24) is 4.98 Å². The van der Waals surface area contributed by atoms with E-state index < -0.39 is 61.2 Å². The molecule has 0 saturated carbocycles. The molecule has 4 rings (SSSR count). The first-order valence-electron chi connectivity index (χ1n) is 12.9. The Balaban J connectivity index is 1.73. The number of rotatable bonds is 8. The normalized spacial score (nSPS) is 21.7. The second kappa shape index (κ2) is 12.8. The summed E-state index contributed by atoms with van der Waals surface area (Å²) in [5.41, 5.74) is 0.673. The van der Waals surface area contributed by atoms with E-state index >= 15 is 0 Å². The van der Waals surface area contributed by atoms with Crippen LogP contribution in [0.3, 0.4) is 0 Å².